The van der Waals surface area contributed by atoms with E-state index in [4.69, 9.17) is 0 Å². The van der Waals surface area contributed by atoms with E-state index in [1.165, 1.54) is 6.33 Å². The molecule has 5 rings (SSSR count). The van der Waals surface area contributed by atoms with Crippen molar-refractivity contribution in [1.29, 1.82) is 0 Å². The summed E-state index contributed by atoms with van der Waals surface area (Å²) in [5.41, 5.74) is 3.84. The maximum atomic E-state index is 12.9. The van der Waals surface area contributed by atoms with E-state index in [1.807, 2.05) is 52.0 Å². The Bertz CT molecular complexity index is 1350. The SMILES string of the molecule is Cc1cc(C)n(-c2cc(NC(=O)C3CCN(c4ccc(-n5nc(C)cc5C)nn4)CC3)ncn2)n1. The lowest BCUT2D eigenvalue weighted by atomic mass is 9.96. The van der Waals surface area contributed by atoms with Gasteiger partial charge in [0.05, 0.1) is 11.4 Å². The number of anilines is 2. The van der Waals surface area contributed by atoms with Crippen LogP contribution in [-0.2, 0) is 4.79 Å². The zero-order valence-corrected chi connectivity index (χ0v) is 20.3. The number of piperidine rings is 1. The normalized spacial score (nSPS) is 14.3. The van der Waals surface area contributed by atoms with Crippen LogP contribution >= 0.6 is 0 Å². The summed E-state index contributed by atoms with van der Waals surface area (Å²) in [6.07, 6.45) is 2.89. The van der Waals surface area contributed by atoms with Gasteiger partial charge in [-0.1, -0.05) is 0 Å². The van der Waals surface area contributed by atoms with Crippen molar-refractivity contribution in [2.75, 3.05) is 23.3 Å². The molecule has 1 aliphatic heterocycles. The van der Waals surface area contributed by atoms with Gasteiger partial charge in [0, 0.05) is 36.5 Å². The van der Waals surface area contributed by atoms with Crippen LogP contribution in [0.3, 0.4) is 0 Å². The van der Waals surface area contributed by atoms with Gasteiger partial charge in [-0.3, -0.25) is 4.79 Å². The molecule has 0 saturated carbocycles. The lowest BCUT2D eigenvalue weighted by Gasteiger charge is -2.31. The van der Waals surface area contributed by atoms with Gasteiger partial charge in [0.2, 0.25) is 5.91 Å². The van der Waals surface area contributed by atoms with Gasteiger partial charge in [0.1, 0.15) is 12.1 Å². The number of hydrogen-bond donors (Lipinski definition) is 1. The Morgan fingerprint density at radius 2 is 1.43 bits per heavy atom. The molecule has 1 saturated heterocycles. The molecule has 0 atom stereocenters. The van der Waals surface area contributed by atoms with Crippen LogP contribution in [0.4, 0.5) is 11.6 Å². The Morgan fingerprint density at radius 3 is 2.00 bits per heavy atom. The first-order valence-electron chi connectivity index (χ1n) is 11.7. The molecule has 0 radical (unpaired) electrons. The van der Waals surface area contributed by atoms with Crippen LogP contribution in [0.1, 0.15) is 35.6 Å². The number of aromatic nitrogens is 8. The largest absolute Gasteiger partial charge is 0.355 e. The highest BCUT2D eigenvalue weighted by Crippen LogP contribution is 2.23. The average Bonchev–Trinajstić information content (AvgIpc) is 3.38. The van der Waals surface area contributed by atoms with Crippen molar-refractivity contribution in [3.63, 3.8) is 0 Å². The second-order valence-corrected chi connectivity index (χ2v) is 8.94. The molecule has 5 heterocycles. The van der Waals surface area contributed by atoms with Crippen molar-refractivity contribution in [1.82, 2.24) is 39.7 Å². The van der Waals surface area contributed by atoms with Gasteiger partial charge in [-0.2, -0.15) is 10.2 Å². The minimum absolute atomic E-state index is 0.0337. The van der Waals surface area contributed by atoms with Gasteiger partial charge >= 0.3 is 0 Å². The van der Waals surface area contributed by atoms with Crippen molar-refractivity contribution in [3.8, 4) is 11.6 Å². The molecule has 4 aromatic rings. The highest BCUT2D eigenvalue weighted by atomic mass is 16.2. The fourth-order valence-corrected chi connectivity index (χ4v) is 4.45. The zero-order valence-electron chi connectivity index (χ0n) is 20.3. The molecular weight excluding hydrogens is 444 g/mol. The molecule has 11 nitrogen and oxygen atoms in total. The molecule has 4 aromatic heterocycles. The summed E-state index contributed by atoms with van der Waals surface area (Å²) in [6.45, 7) is 9.30. The molecular formula is C24H28N10O. The molecule has 180 valence electrons. The van der Waals surface area contributed by atoms with E-state index in [0.29, 0.717) is 17.5 Å². The molecule has 0 aliphatic carbocycles. The standard InChI is InChI=1S/C24H28N10O/c1-15-11-17(3)33(30-15)22-6-5-21(28-29-22)32-9-7-19(8-10-32)24(35)27-20-13-23(26-14-25-20)34-18(4)12-16(2)31-34/h5-6,11-14,19H,7-10H2,1-4H3,(H,25,26,27,35). The Labute approximate surface area is 203 Å². The number of nitrogens with zero attached hydrogens (tertiary/aromatic N) is 9. The molecule has 1 amide bonds. The maximum absolute atomic E-state index is 12.9. The first-order valence-corrected chi connectivity index (χ1v) is 11.7. The Kier molecular flexibility index (Phi) is 5.98. The number of hydrogen-bond acceptors (Lipinski definition) is 8. The minimum atomic E-state index is -0.0970. The van der Waals surface area contributed by atoms with Gasteiger partial charge in [0.25, 0.3) is 0 Å². The second-order valence-electron chi connectivity index (χ2n) is 8.94. The summed E-state index contributed by atoms with van der Waals surface area (Å²) >= 11 is 0. The molecule has 0 spiro atoms. The van der Waals surface area contributed by atoms with E-state index in [2.05, 4.69) is 40.6 Å². The van der Waals surface area contributed by atoms with Crippen LogP contribution in [0.25, 0.3) is 11.6 Å². The van der Waals surface area contributed by atoms with Crippen molar-refractivity contribution in [3.05, 3.63) is 59.4 Å². The molecule has 1 aliphatic rings. The lowest BCUT2D eigenvalue weighted by molar-refractivity contribution is -0.120. The monoisotopic (exact) mass is 472 g/mol. The topological polar surface area (TPSA) is 120 Å². The van der Waals surface area contributed by atoms with E-state index >= 15 is 0 Å². The number of amides is 1. The number of aryl methyl sites for hydroxylation is 4. The molecule has 0 aromatic carbocycles. The van der Waals surface area contributed by atoms with E-state index in [0.717, 1.165) is 54.5 Å². The van der Waals surface area contributed by atoms with Gasteiger partial charge in [-0.25, -0.2) is 19.3 Å². The van der Waals surface area contributed by atoms with Crippen molar-refractivity contribution in [2.24, 2.45) is 5.92 Å². The minimum Gasteiger partial charge on any atom is -0.355 e. The third-order valence-corrected chi connectivity index (χ3v) is 6.18. The van der Waals surface area contributed by atoms with Gasteiger partial charge in [-0.05, 0) is 64.8 Å². The molecule has 11 heteroatoms. The predicted octanol–water partition coefficient (Wildman–Crippen LogP) is 2.73. The van der Waals surface area contributed by atoms with Crippen LogP contribution < -0.4 is 10.2 Å². The summed E-state index contributed by atoms with van der Waals surface area (Å²) in [5.74, 6) is 2.46. The van der Waals surface area contributed by atoms with E-state index in [1.54, 1.807) is 15.4 Å². The van der Waals surface area contributed by atoms with Crippen LogP contribution in [0.15, 0.2) is 36.7 Å². The quantitative estimate of drug-likeness (QED) is 0.471. The van der Waals surface area contributed by atoms with Crippen molar-refractivity contribution >= 4 is 17.5 Å². The molecule has 35 heavy (non-hydrogen) atoms. The fourth-order valence-electron chi connectivity index (χ4n) is 4.45. The summed E-state index contributed by atoms with van der Waals surface area (Å²) in [7, 11) is 0. The molecule has 1 N–H and O–H groups in total. The lowest BCUT2D eigenvalue weighted by Crippen LogP contribution is -2.38. The maximum Gasteiger partial charge on any atom is 0.228 e. The van der Waals surface area contributed by atoms with Crippen LogP contribution in [-0.4, -0.2) is 58.7 Å². The number of carbonyl (C=O) groups is 1. The smallest absolute Gasteiger partial charge is 0.228 e. The number of rotatable bonds is 5. The zero-order chi connectivity index (χ0) is 24.5. The third-order valence-electron chi connectivity index (χ3n) is 6.18. The first-order chi connectivity index (χ1) is 16.9. The Balaban J connectivity index is 1.19. The third kappa shape index (κ3) is 4.75. The molecule has 0 bridgehead atoms. The summed E-state index contributed by atoms with van der Waals surface area (Å²) < 4.78 is 3.53. The highest BCUT2D eigenvalue weighted by Gasteiger charge is 2.26. The summed E-state index contributed by atoms with van der Waals surface area (Å²) in [5, 5.41) is 20.6. The van der Waals surface area contributed by atoms with Gasteiger partial charge in [0.15, 0.2) is 17.5 Å². The molecule has 0 unspecified atom stereocenters. The average molecular weight is 473 g/mol. The fraction of sp³-hybridized carbons (Fsp3) is 0.375. The van der Waals surface area contributed by atoms with E-state index in [9.17, 15) is 4.79 Å². The number of nitrogens with one attached hydrogen (secondary N) is 1. The van der Waals surface area contributed by atoms with Gasteiger partial charge in [-0.15, -0.1) is 10.2 Å². The van der Waals surface area contributed by atoms with Crippen LogP contribution in [0, 0.1) is 33.6 Å². The Morgan fingerprint density at radius 1 is 0.829 bits per heavy atom. The Hall–Kier alpha value is -4.15. The van der Waals surface area contributed by atoms with Crippen LogP contribution in [0.2, 0.25) is 0 Å². The highest BCUT2D eigenvalue weighted by molar-refractivity contribution is 5.92. The van der Waals surface area contributed by atoms with Crippen molar-refractivity contribution < 1.29 is 4.79 Å². The summed E-state index contributed by atoms with van der Waals surface area (Å²) in [4.78, 5) is 23.6. The first kappa shape index (κ1) is 22.6. The number of carbonyl (C=O) groups excluding carboxylic acids is 1. The molecule has 1 fully saturated rings. The second kappa shape index (κ2) is 9.24. The van der Waals surface area contributed by atoms with E-state index in [-0.39, 0.29) is 11.8 Å². The predicted molar refractivity (Wildman–Crippen MR) is 131 cm³/mol. The van der Waals surface area contributed by atoms with Crippen LogP contribution in [0.5, 0.6) is 0 Å². The van der Waals surface area contributed by atoms with Gasteiger partial charge < -0.3 is 10.2 Å². The van der Waals surface area contributed by atoms with Crippen molar-refractivity contribution in [2.45, 2.75) is 40.5 Å². The van der Waals surface area contributed by atoms with E-state index < -0.39 is 0 Å². The summed E-state index contributed by atoms with van der Waals surface area (Å²) in [6, 6.07) is 9.61.